The predicted molar refractivity (Wildman–Crippen MR) is 148 cm³/mol. The zero-order chi connectivity index (χ0) is 28.9. The molecule has 12 heteroatoms. The second-order valence-corrected chi connectivity index (χ2v) is 8.71. The van der Waals surface area contributed by atoms with Gasteiger partial charge in [-0.05, 0) is 42.0 Å². The molecule has 0 atom stereocenters. The summed E-state index contributed by atoms with van der Waals surface area (Å²) in [4.78, 5) is 64.1. The molecule has 3 heterocycles. The van der Waals surface area contributed by atoms with E-state index in [-0.39, 0.29) is 39.8 Å². The zero-order valence-electron chi connectivity index (χ0n) is 21.6. The van der Waals surface area contributed by atoms with E-state index in [0.717, 1.165) is 4.57 Å². The fraction of sp³-hybridized carbons (Fsp3) is 0.0690. The lowest BCUT2D eigenvalue weighted by molar-refractivity contribution is -0.120. The summed E-state index contributed by atoms with van der Waals surface area (Å²) in [6, 6.07) is 16.6. The van der Waals surface area contributed by atoms with E-state index in [1.807, 2.05) is 0 Å². The maximum Gasteiger partial charge on any atom is 0.337 e. The van der Waals surface area contributed by atoms with Gasteiger partial charge in [-0.3, -0.25) is 23.9 Å². The van der Waals surface area contributed by atoms with Gasteiger partial charge in [0.1, 0.15) is 23.6 Å². The van der Waals surface area contributed by atoms with Gasteiger partial charge in [0.15, 0.2) is 5.58 Å². The minimum absolute atomic E-state index is 0.153. The van der Waals surface area contributed by atoms with E-state index in [9.17, 15) is 19.2 Å². The number of amides is 1. The molecule has 0 saturated heterocycles. The molecule has 204 valence electrons. The molecule has 0 fully saturated rings. The van der Waals surface area contributed by atoms with Gasteiger partial charge >= 0.3 is 5.97 Å². The number of rotatable bonds is 8. The van der Waals surface area contributed by atoms with Gasteiger partial charge in [-0.1, -0.05) is 30.3 Å². The lowest BCUT2D eigenvalue weighted by atomic mass is 10.1. The van der Waals surface area contributed by atoms with Crippen LogP contribution in [0.2, 0.25) is 0 Å². The van der Waals surface area contributed by atoms with E-state index in [2.05, 4.69) is 20.3 Å². The summed E-state index contributed by atoms with van der Waals surface area (Å²) in [6.45, 7) is -0.503. The lowest BCUT2D eigenvalue weighted by Gasteiger charge is -2.13. The first-order valence-corrected chi connectivity index (χ1v) is 12.2. The van der Waals surface area contributed by atoms with Crippen molar-refractivity contribution in [2.45, 2.75) is 6.54 Å². The van der Waals surface area contributed by atoms with Crippen LogP contribution >= 0.6 is 0 Å². The first-order chi connectivity index (χ1) is 19.8. The topological polar surface area (TPSA) is 172 Å². The van der Waals surface area contributed by atoms with Crippen LogP contribution in [0.25, 0.3) is 28.6 Å². The van der Waals surface area contributed by atoms with Crippen molar-refractivity contribution in [3.8, 4) is 11.4 Å². The van der Waals surface area contributed by atoms with Crippen molar-refractivity contribution < 1.29 is 23.5 Å². The Hall–Kier alpha value is -5.91. The standard InChI is InChI=1S/C29H22N6O6/c1-40-29(39)18-9-10-23-21(13-18)34-27(41-23)25(37)22(12-17-6-3-2-4-7-17)33-24(36)16-35-26(19-8-5-11-31-14-19)32-15-20(30)28(35)38/h2-15H,16,30H2,1H3,(H,33,36). The number of carbonyl (C=O) groups is 3. The van der Waals surface area contributed by atoms with Crippen LogP contribution in [0.15, 0.2) is 94.2 Å². The van der Waals surface area contributed by atoms with Crippen molar-refractivity contribution in [1.29, 1.82) is 0 Å². The number of allylic oxidation sites excluding steroid dienone is 1. The molecular weight excluding hydrogens is 528 g/mol. The Kier molecular flexibility index (Phi) is 7.45. The van der Waals surface area contributed by atoms with Crippen molar-refractivity contribution in [2.24, 2.45) is 0 Å². The smallest absolute Gasteiger partial charge is 0.337 e. The van der Waals surface area contributed by atoms with E-state index in [1.165, 1.54) is 43.8 Å². The van der Waals surface area contributed by atoms with Crippen molar-refractivity contribution >= 4 is 40.5 Å². The van der Waals surface area contributed by atoms with Crippen molar-refractivity contribution in [3.05, 3.63) is 112 Å². The number of nitrogens with two attached hydrogens (primary N) is 1. The molecule has 5 aromatic rings. The summed E-state index contributed by atoms with van der Waals surface area (Å²) in [6.07, 6.45) is 5.72. The molecule has 0 saturated carbocycles. The van der Waals surface area contributed by atoms with E-state index >= 15 is 0 Å². The third-order valence-corrected chi connectivity index (χ3v) is 5.93. The highest BCUT2D eigenvalue weighted by molar-refractivity contribution is 6.11. The van der Waals surface area contributed by atoms with Gasteiger partial charge in [0, 0.05) is 18.0 Å². The number of pyridine rings is 1. The minimum Gasteiger partial charge on any atom is -0.465 e. The Morgan fingerprint density at radius 3 is 2.61 bits per heavy atom. The van der Waals surface area contributed by atoms with Crippen LogP contribution < -0.4 is 16.6 Å². The molecule has 3 N–H and O–H groups in total. The highest BCUT2D eigenvalue weighted by Crippen LogP contribution is 2.21. The minimum atomic E-state index is -0.733. The number of esters is 1. The first kappa shape index (κ1) is 26.7. The normalized spacial score (nSPS) is 11.3. The number of carbonyl (C=O) groups excluding carboxylic acids is 3. The van der Waals surface area contributed by atoms with Gasteiger partial charge in [-0.25, -0.2) is 14.8 Å². The number of nitrogens with one attached hydrogen (secondary N) is 1. The molecule has 3 aromatic heterocycles. The monoisotopic (exact) mass is 550 g/mol. The third kappa shape index (κ3) is 5.76. The first-order valence-electron chi connectivity index (χ1n) is 12.2. The Labute approximate surface area is 232 Å². The average Bonchev–Trinajstić information content (AvgIpc) is 3.43. The number of ether oxygens (including phenoxy) is 1. The van der Waals surface area contributed by atoms with Crippen LogP contribution in [-0.2, 0) is 16.1 Å². The number of fused-ring (bicyclic) bond motifs is 1. The van der Waals surface area contributed by atoms with Crippen molar-refractivity contribution in [2.75, 3.05) is 12.8 Å². The Morgan fingerprint density at radius 1 is 1.07 bits per heavy atom. The predicted octanol–water partition coefficient (Wildman–Crippen LogP) is 2.86. The second kappa shape index (κ2) is 11.5. The van der Waals surface area contributed by atoms with Crippen LogP contribution in [0.3, 0.4) is 0 Å². The number of Topliss-reactive ketones (excluding diaryl/α,β-unsaturated/α-hetero) is 1. The fourth-order valence-electron chi connectivity index (χ4n) is 3.97. The number of hydrogen-bond donors (Lipinski definition) is 2. The Bertz CT molecular complexity index is 1860. The van der Waals surface area contributed by atoms with E-state index in [1.54, 1.807) is 48.7 Å². The maximum atomic E-state index is 13.6. The van der Waals surface area contributed by atoms with Crippen LogP contribution in [0.1, 0.15) is 26.6 Å². The molecule has 2 aromatic carbocycles. The molecule has 0 aliphatic heterocycles. The molecule has 12 nitrogen and oxygen atoms in total. The summed E-state index contributed by atoms with van der Waals surface area (Å²) in [5, 5.41) is 2.58. The SMILES string of the molecule is COC(=O)c1ccc2oc(C(=O)C(=Cc3ccccc3)NC(=O)Cn3c(-c4cccnc4)ncc(N)c3=O)nc2c1. The van der Waals surface area contributed by atoms with E-state index < -0.39 is 29.8 Å². The Morgan fingerprint density at radius 2 is 1.88 bits per heavy atom. The van der Waals surface area contributed by atoms with Crippen LogP contribution in [0.4, 0.5) is 5.69 Å². The van der Waals surface area contributed by atoms with Gasteiger partial charge in [0.25, 0.3) is 17.2 Å². The number of hydrogen-bond acceptors (Lipinski definition) is 10. The number of benzene rings is 2. The summed E-state index contributed by atoms with van der Waals surface area (Å²) >= 11 is 0. The molecule has 0 bridgehead atoms. The van der Waals surface area contributed by atoms with Gasteiger partial charge < -0.3 is 20.2 Å². The molecule has 5 rings (SSSR count). The largest absolute Gasteiger partial charge is 0.465 e. The molecule has 0 unspecified atom stereocenters. The molecular formula is C29H22N6O6. The molecule has 0 spiro atoms. The third-order valence-electron chi connectivity index (χ3n) is 5.93. The summed E-state index contributed by atoms with van der Waals surface area (Å²) in [5.41, 5.74) is 6.68. The molecule has 0 aliphatic carbocycles. The van der Waals surface area contributed by atoms with Crippen molar-refractivity contribution in [3.63, 3.8) is 0 Å². The van der Waals surface area contributed by atoms with Crippen LogP contribution in [0.5, 0.6) is 0 Å². The van der Waals surface area contributed by atoms with Crippen molar-refractivity contribution in [1.82, 2.24) is 24.8 Å². The zero-order valence-corrected chi connectivity index (χ0v) is 21.6. The number of anilines is 1. The van der Waals surface area contributed by atoms with Gasteiger partial charge in [0.2, 0.25) is 5.91 Å². The highest BCUT2D eigenvalue weighted by atomic mass is 16.5. The fourth-order valence-corrected chi connectivity index (χ4v) is 3.97. The maximum absolute atomic E-state index is 13.6. The molecule has 0 radical (unpaired) electrons. The number of ketones is 1. The summed E-state index contributed by atoms with van der Waals surface area (Å²) < 4.78 is 11.5. The molecule has 1 amide bonds. The van der Waals surface area contributed by atoms with Crippen LogP contribution in [0, 0.1) is 0 Å². The van der Waals surface area contributed by atoms with E-state index in [4.69, 9.17) is 14.9 Å². The lowest BCUT2D eigenvalue weighted by Crippen LogP contribution is -2.35. The Balaban J connectivity index is 1.49. The number of aromatic nitrogens is 4. The van der Waals surface area contributed by atoms with Gasteiger partial charge in [-0.2, -0.15) is 0 Å². The average molecular weight is 551 g/mol. The molecule has 41 heavy (non-hydrogen) atoms. The molecule has 0 aliphatic rings. The van der Waals surface area contributed by atoms with Crippen LogP contribution in [-0.4, -0.2) is 44.3 Å². The summed E-state index contributed by atoms with van der Waals surface area (Å²) in [5.74, 6) is -2.15. The number of nitrogens with zero attached hydrogens (tertiary/aromatic N) is 4. The number of methoxy groups -OCH3 is 1. The quantitative estimate of drug-likeness (QED) is 0.166. The van der Waals surface area contributed by atoms with Gasteiger partial charge in [0.05, 0.1) is 24.6 Å². The number of nitrogen functional groups attached to an aromatic ring is 1. The highest BCUT2D eigenvalue weighted by Gasteiger charge is 2.23. The number of oxazole rings is 1. The van der Waals surface area contributed by atoms with E-state index in [0.29, 0.717) is 11.1 Å². The second-order valence-electron chi connectivity index (χ2n) is 8.71. The summed E-state index contributed by atoms with van der Waals surface area (Å²) in [7, 11) is 1.25. The van der Waals surface area contributed by atoms with Gasteiger partial charge in [-0.15, -0.1) is 0 Å².